The molecule has 3 aliphatic heterocycles. The maximum absolute atomic E-state index is 6.72. The number of rotatable bonds is 5. The average molecular weight is 529 g/mol. The van der Waals surface area contributed by atoms with E-state index in [0.717, 1.165) is 48.9 Å². The summed E-state index contributed by atoms with van der Waals surface area (Å²) < 4.78 is 16.8. The van der Waals surface area contributed by atoms with Crippen molar-refractivity contribution in [2.45, 2.75) is 47.8 Å². The minimum atomic E-state index is 0.0367. The van der Waals surface area contributed by atoms with E-state index in [-0.39, 0.29) is 23.5 Å². The van der Waals surface area contributed by atoms with Crippen LogP contribution in [0.25, 0.3) is 11.5 Å². The normalized spacial score (nSPS) is 23.8. The molecular formula is C25H29ClN6O3S. The number of ether oxygens (including phenoxy) is 2. The van der Waals surface area contributed by atoms with Gasteiger partial charge < -0.3 is 30.3 Å². The summed E-state index contributed by atoms with van der Waals surface area (Å²) in [5, 5.41) is 1.16. The minimum absolute atomic E-state index is 0.0367. The Morgan fingerprint density at radius 3 is 2.64 bits per heavy atom. The standard InChI is InChI=1S/C25H29ClN6O3S/c1-14-20(27)25(13-35-14)5-8-32(9-6-25)22-19(15-11-33-12-15)30-24(21(28)31-22)36-17-4-2-3-16(18(17)26)23-29-7-10-34-23/h2-4,7,10,14-15,20H,5-6,8-9,11-13,27H2,1H3,(H2,28,31)/t14-,20+/m0/s1. The van der Waals surface area contributed by atoms with Gasteiger partial charge in [-0.05, 0) is 31.9 Å². The molecule has 3 aliphatic rings. The van der Waals surface area contributed by atoms with Crippen LogP contribution < -0.4 is 16.4 Å². The number of piperidine rings is 1. The Bertz CT molecular complexity index is 1250. The first-order valence-corrected chi connectivity index (χ1v) is 13.4. The molecule has 0 bridgehead atoms. The molecule has 0 unspecified atom stereocenters. The van der Waals surface area contributed by atoms with Crippen molar-refractivity contribution < 1.29 is 13.9 Å². The molecule has 2 atom stereocenters. The van der Waals surface area contributed by atoms with E-state index in [4.69, 9.17) is 46.9 Å². The molecule has 3 saturated heterocycles. The number of nitrogen functional groups attached to an aromatic ring is 1. The van der Waals surface area contributed by atoms with Crippen molar-refractivity contribution >= 4 is 35.0 Å². The van der Waals surface area contributed by atoms with Crippen molar-refractivity contribution in [2.75, 3.05) is 43.5 Å². The molecule has 2 aromatic heterocycles. The van der Waals surface area contributed by atoms with Crippen LogP contribution in [0.1, 0.15) is 31.4 Å². The van der Waals surface area contributed by atoms with Crippen molar-refractivity contribution in [1.29, 1.82) is 0 Å². The number of hydrogen-bond acceptors (Lipinski definition) is 10. The second-order valence-corrected chi connectivity index (χ2v) is 11.2. The van der Waals surface area contributed by atoms with Gasteiger partial charge in [0.1, 0.15) is 11.3 Å². The van der Waals surface area contributed by atoms with Crippen LogP contribution in [-0.4, -0.2) is 60.0 Å². The van der Waals surface area contributed by atoms with Gasteiger partial charge in [-0.3, -0.25) is 0 Å². The van der Waals surface area contributed by atoms with Crippen molar-refractivity contribution in [3.05, 3.63) is 41.4 Å². The van der Waals surface area contributed by atoms with Gasteiger partial charge in [-0.15, -0.1) is 0 Å². The van der Waals surface area contributed by atoms with Gasteiger partial charge in [-0.25, -0.2) is 15.0 Å². The van der Waals surface area contributed by atoms with Crippen molar-refractivity contribution in [2.24, 2.45) is 11.1 Å². The number of benzene rings is 1. The summed E-state index contributed by atoms with van der Waals surface area (Å²) in [4.78, 5) is 17.2. The predicted molar refractivity (Wildman–Crippen MR) is 138 cm³/mol. The Balaban J connectivity index is 1.28. The monoisotopic (exact) mass is 528 g/mol. The smallest absolute Gasteiger partial charge is 0.227 e. The number of hydrogen-bond donors (Lipinski definition) is 2. The zero-order valence-corrected chi connectivity index (χ0v) is 21.6. The highest BCUT2D eigenvalue weighted by Crippen LogP contribution is 2.44. The van der Waals surface area contributed by atoms with E-state index in [2.05, 4.69) is 16.8 Å². The van der Waals surface area contributed by atoms with Gasteiger partial charge in [0.2, 0.25) is 5.89 Å². The summed E-state index contributed by atoms with van der Waals surface area (Å²) in [7, 11) is 0. The molecule has 4 N–H and O–H groups in total. The number of nitrogens with zero attached hydrogens (tertiary/aromatic N) is 4. The maximum Gasteiger partial charge on any atom is 0.227 e. The van der Waals surface area contributed by atoms with Crippen LogP contribution in [0.5, 0.6) is 0 Å². The van der Waals surface area contributed by atoms with Gasteiger partial charge >= 0.3 is 0 Å². The molecule has 1 aromatic carbocycles. The fourth-order valence-corrected chi connectivity index (χ4v) is 6.43. The van der Waals surface area contributed by atoms with E-state index in [1.54, 1.807) is 6.20 Å². The summed E-state index contributed by atoms with van der Waals surface area (Å²) in [5.74, 6) is 1.88. The highest BCUT2D eigenvalue weighted by atomic mass is 35.5. The van der Waals surface area contributed by atoms with Crippen LogP contribution in [0.4, 0.5) is 11.6 Å². The van der Waals surface area contributed by atoms with Crippen molar-refractivity contribution in [3.63, 3.8) is 0 Å². The van der Waals surface area contributed by atoms with E-state index in [0.29, 0.717) is 40.5 Å². The van der Waals surface area contributed by atoms with Crippen LogP contribution in [0, 0.1) is 5.41 Å². The van der Waals surface area contributed by atoms with Crippen LogP contribution >= 0.6 is 23.4 Å². The molecular weight excluding hydrogens is 500 g/mol. The lowest BCUT2D eigenvalue weighted by atomic mass is 9.73. The first kappa shape index (κ1) is 24.0. The Morgan fingerprint density at radius 2 is 2.00 bits per heavy atom. The molecule has 36 heavy (non-hydrogen) atoms. The summed E-state index contributed by atoms with van der Waals surface area (Å²) in [6.45, 7) is 5.73. The van der Waals surface area contributed by atoms with Crippen LogP contribution in [0.2, 0.25) is 5.02 Å². The number of nitrogens with two attached hydrogens (primary N) is 2. The molecule has 3 fully saturated rings. The quantitative estimate of drug-likeness (QED) is 0.502. The van der Waals surface area contributed by atoms with Gasteiger partial charge in [-0.1, -0.05) is 29.4 Å². The van der Waals surface area contributed by atoms with Crippen LogP contribution in [0.15, 0.2) is 45.0 Å². The molecule has 5 heterocycles. The van der Waals surface area contributed by atoms with E-state index >= 15 is 0 Å². The number of aromatic nitrogens is 3. The molecule has 11 heteroatoms. The number of halogens is 1. The Labute approximate surface area is 218 Å². The lowest BCUT2D eigenvalue weighted by molar-refractivity contribution is 0.00650. The third-order valence-electron chi connectivity index (χ3n) is 7.66. The molecule has 0 saturated carbocycles. The highest BCUT2D eigenvalue weighted by Gasteiger charge is 2.48. The molecule has 0 radical (unpaired) electrons. The van der Waals surface area contributed by atoms with Gasteiger partial charge in [0.15, 0.2) is 11.6 Å². The third kappa shape index (κ3) is 4.14. The first-order chi connectivity index (χ1) is 17.4. The Kier molecular flexibility index (Phi) is 6.33. The topological polar surface area (TPSA) is 126 Å². The molecule has 0 amide bonds. The molecule has 0 aliphatic carbocycles. The van der Waals surface area contributed by atoms with Gasteiger partial charge in [0.05, 0.1) is 54.3 Å². The molecule has 3 aromatic rings. The molecule has 6 rings (SSSR count). The SMILES string of the molecule is C[C@@H]1OCC2(CCN(c3nc(N)c(Sc4cccc(-c5ncco5)c4Cl)nc3C3COC3)CC2)[C@@H]1N. The van der Waals surface area contributed by atoms with Crippen molar-refractivity contribution in [3.8, 4) is 11.5 Å². The fourth-order valence-electron chi connectivity index (χ4n) is 5.26. The van der Waals surface area contributed by atoms with Gasteiger partial charge in [0.25, 0.3) is 0 Å². The summed E-state index contributed by atoms with van der Waals surface area (Å²) in [6, 6.07) is 5.77. The zero-order valence-electron chi connectivity index (χ0n) is 20.0. The van der Waals surface area contributed by atoms with Gasteiger partial charge in [-0.2, -0.15) is 0 Å². The average Bonchev–Trinajstić information content (AvgIpc) is 3.47. The second kappa shape index (κ2) is 9.50. The maximum atomic E-state index is 6.72. The van der Waals surface area contributed by atoms with E-state index in [9.17, 15) is 0 Å². The van der Waals surface area contributed by atoms with E-state index in [1.165, 1.54) is 18.0 Å². The lowest BCUT2D eigenvalue weighted by Crippen LogP contribution is -2.51. The molecule has 1 spiro atoms. The summed E-state index contributed by atoms with van der Waals surface area (Å²) in [6.07, 6.45) is 5.13. The third-order valence-corrected chi connectivity index (χ3v) is 9.23. The summed E-state index contributed by atoms with van der Waals surface area (Å²) >= 11 is 8.12. The fraction of sp³-hybridized carbons (Fsp3) is 0.480. The van der Waals surface area contributed by atoms with Crippen LogP contribution in [0.3, 0.4) is 0 Å². The zero-order chi connectivity index (χ0) is 24.9. The van der Waals surface area contributed by atoms with E-state index < -0.39 is 0 Å². The second-order valence-electron chi connectivity index (χ2n) is 9.81. The first-order valence-electron chi connectivity index (χ1n) is 12.2. The van der Waals surface area contributed by atoms with Crippen molar-refractivity contribution in [1.82, 2.24) is 15.0 Å². The number of oxazole rings is 1. The molecule has 9 nitrogen and oxygen atoms in total. The predicted octanol–water partition coefficient (Wildman–Crippen LogP) is 3.96. The Hall–Kier alpha value is -2.37. The van der Waals surface area contributed by atoms with Gasteiger partial charge in [0, 0.05) is 29.4 Å². The number of anilines is 2. The lowest BCUT2D eigenvalue weighted by Gasteiger charge is -2.42. The summed E-state index contributed by atoms with van der Waals surface area (Å²) in [5.41, 5.74) is 14.7. The van der Waals surface area contributed by atoms with Crippen LogP contribution in [-0.2, 0) is 9.47 Å². The largest absolute Gasteiger partial charge is 0.444 e. The highest BCUT2D eigenvalue weighted by molar-refractivity contribution is 7.99. The Morgan fingerprint density at radius 1 is 1.19 bits per heavy atom. The molecule has 190 valence electrons. The minimum Gasteiger partial charge on any atom is -0.444 e. The van der Waals surface area contributed by atoms with E-state index in [1.807, 2.05) is 18.2 Å².